The molecule has 0 saturated carbocycles. The van der Waals surface area contributed by atoms with Crippen LogP contribution in [-0.2, 0) is 16.2 Å². The van der Waals surface area contributed by atoms with Crippen molar-refractivity contribution in [2.24, 2.45) is 0 Å². The maximum Gasteiger partial charge on any atom is 0.335 e. The summed E-state index contributed by atoms with van der Waals surface area (Å²) in [6.07, 6.45) is 1.32. The Labute approximate surface area is 204 Å². The number of phenolic OH excluding ortho intramolecular Hbond substituents is 1. The monoisotopic (exact) mass is 489 g/mol. The van der Waals surface area contributed by atoms with E-state index in [1.54, 1.807) is 30.3 Å². The fraction of sp³-hybridized carbons (Fsp3) is 0.0800. The third-order valence-corrected chi connectivity index (χ3v) is 5.25. The molecule has 36 heavy (non-hydrogen) atoms. The van der Waals surface area contributed by atoms with Crippen LogP contribution in [-0.4, -0.2) is 35.0 Å². The highest BCUT2D eigenvalue weighted by atomic mass is 16.6. The zero-order chi connectivity index (χ0) is 25.8. The Balaban J connectivity index is 1.55. The van der Waals surface area contributed by atoms with Gasteiger partial charge < -0.3 is 14.6 Å². The lowest BCUT2D eigenvalue weighted by Gasteiger charge is -2.26. The van der Waals surface area contributed by atoms with E-state index in [9.17, 15) is 29.6 Å². The summed E-state index contributed by atoms with van der Waals surface area (Å²) in [6, 6.07) is 15.1. The minimum atomic E-state index is -0.902. The lowest BCUT2D eigenvalue weighted by atomic mass is 10.1. The van der Waals surface area contributed by atoms with Gasteiger partial charge in [-0.05, 0) is 65.7 Å². The number of methoxy groups -OCH3 is 1. The highest BCUT2D eigenvalue weighted by Crippen LogP contribution is 2.31. The molecule has 0 aliphatic carbocycles. The molecule has 11 heteroatoms. The van der Waals surface area contributed by atoms with Crippen molar-refractivity contribution >= 4 is 35.3 Å². The zero-order valence-electron chi connectivity index (χ0n) is 18.8. The molecule has 1 aliphatic heterocycles. The van der Waals surface area contributed by atoms with Gasteiger partial charge in [-0.15, -0.1) is 0 Å². The van der Waals surface area contributed by atoms with Crippen molar-refractivity contribution in [3.05, 3.63) is 93.5 Å². The second kappa shape index (κ2) is 9.97. The predicted octanol–water partition coefficient (Wildman–Crippen LogP) is 3.55. The van der Waals surface area contributed by atoms with Crippen LogP contribution in [0.1, 0.15) is 11.1 Å². The van der Waals surface area contributed by atoms with E-state index in [1.165, 1.54) is 49.6 Å². The molecule has 0 atom stereocenters. The Morgan fingerprint density at radius 2 is 1.69 bits per heavy atom. The molecule has 4 rings (SSSR count). The average Bonchev–Trinajstić information content (AvgIpc) is 2.86. The van der Waals surface area contributed by atoms with Crippen molar-refractivity contribution in [3.63, 3.8) is 0 Å². The normalized spacial score (nSPS) is 14.5. The van der Waals surface area contributed by atoms with Crippen molar-refractivity contribution in [1.29, 1.82) is 0 Å². The molecule has 2 N–H and O–H groups in total. The van der Waals surface area contributed by atoms with Gasteiger partial charge in [0.05, 0.1) is 17.7 Å². The van der Waals surface area contributed by atoms with Crippen LogP contribution >= 0.6 is 0 Å². The molecule has 11 nitrogen and oxygen atoms in total. The Bertz CT molecular complexity index is 1380. The molecule has 3 aromatic rings. The van der Waals surface area contributed by atoms with Crippen molar-refractivity contribution in [1.82, 2.24) is 5.32 Å². The van der Waals surface area contributed by atoms with Crippen LogP contribution in [0.3, 0.4) is 0 Å². The van der Waals surface area contributed by atoms with E-state index < -0.39 is 22.8 Å². The van der Waals surface area contributed by atoms with Crippen molar-refractivity contribution in [2.75, 3.05) is 12.0 Å². The number of nitro groups is 1. The number of urea groups is 1. The summed E-state index contributed by atoms with van der Waals surface area (Å²) in [6.45, 7) is 0.124. The maximum atomic E-state index is 13.0. The van der Waals surface area contributed by atoms with E-state index >= 15 is 0 Å². The van der Waals surface area contributed by atoms with Gasteiger partial charge >= 0.3 is 6.03 Å². The van der Waals surface area contributed by atoms with Gasteiger partial charge in [0.25, 0.3) is 17.5 Å². The summed E-state index contributed by atoms with van der Waals surface area (Å²) >= 11 is 0. The zero-order valence-corrected chi connectivity index (χ0v) is 18.8. The molecule has 0 bridgehead atoms. The van der Waals surface area contributed by atoms with E-state index in [4.69, 9.17) is 9.47 Å². The number of hydrogen-bond donors (Lipinski definition) is 2. The quantitative estimate of drug-likeness (QED) is 0.222. The number of rotatable bonds is 7. The molecule has 3 aromatic carbocycles. The number of benzene rings is 3. The molecule has 182 valence electrons. The van der Waals surface area contributed by atoms with Crippen LogP contribution in [0, 0.1) is 10.1 Å². The SMILES string of the molecule is COc1cc(/C=C2\C(=O)NC(=O)N(c3ccc(O)cc3)C2=O)ccc1OCc1ccc([N+](=O)[O-])cc1. The molecule has 0 radical (unpaired) electrons. The van der Waals surface area contributed by atoms with Crippen molar-refractivity contribution in [2.45, 2.75) is 6.61 Å². The first-order valence-corrected chi connectivity index (χ1v) is 10.5. The topological polar surface area (TPSA) is 148 Å². The minimum absolute atomic E-state index is 0.0271. The number of barbiturate groups is 1. The Morgan fingerprint density at radius 1 is 1.00 bits per heavy atom. The maximum absolute atomic E-state index is 13.0. The Morgan fingerprint density at radius 3 is 2.33 bits per heavy atom. The Kier molecular flexibility index (Phi) is 6.63. The second-order valence-corrected chi connectivity index (χ2v) is 7.60. The fourth-order valence-corrected chi connectivity index (χ4v) is 3.43. The summed E-state index contributed by atoms with van der Waals surface area (Å²) in [5, 5.41) is 22.4. The molecule has 4 amide bonds. The minimum Gasteiger partial charge on any atom is -0.508 e. The van der Waals surface area contributed by atoms with Crippen LogP contribution < -0.4 is 19.7 Å². The van der Waals surface area contributed by atoms with E-state index in [0.29, 0.717) is 22.6 Å². The fourth-order valence-electron chi connectivity index (χ4n) is 3.43. The van der Waals surface area contributed by atoms with Crippen LogP contribution in [0.5, 0.6) is 17.2 Å². The molecular weight excluding hydrogens is 470 g/mol. The van der Waals surface area contributed by atoms with E-state index in [1.807, 2.05) is 0 Å². The van der Waals surface area contributed by atoms with Gasteiger partial charge in [0, 0.05) is 12.1 Å². The summed E-state index contributed by atoms with van der Waals surface area (Å²) in [5.41, 5.74) is 1.02. The third-order valence-electron chi connectivity index (χ3n) is 5.25. The van der Waals surface area contributed by atoms with Crippen LogP contribution in [0.2, 0.25) is 0 Å². The van der Waals surface area contributed by atoms with E-state index in [2.05, 4.69) is 5.32 Å². The van der Waals surface area contributed by atoms with Gasteiger partial charge in [-0.25, -0.2) is 9.69 Å². The van der Waals surface area contributed by atoms with Crippen molar-refractivity contribution < 1.29 is 33.9 Å². The third kappa shape index (κ3) is 4.99. The Hall–Kier alpha value is -5.19. The number of non-ortho nitro benzene ring substituents is 1. The number of imide groups is 2. The van der Waals surface area contributed by atoms with Gasteiger partial charge in [0.15, 0.2) is 11.5 Å². The first-order chi connectivity index (χ1) is 17.3. The number of carbonyl (C=O) groups is 3. The van der Waals surface area contributed by atoms with Gasteiger partial charge in [-0.1, -0.05) is 6.07 Å². The number of anilines is 1. The average molecular weight is 489 g/mol. The smallest absolute Gasteiger partial charge is 0.335 e. The largest absolute Gasteiger partial charge is 0.508 e. The van der Waals surface area contributed by atoms with E-state index in [-0.39, 0.29) is 29.3 Å². The van der Waals surface area contributed by atoms with Crippen LogP contribution in [0.4, 0.5) is 16.2 Å². The molecule has 1 saturated heterocycles. The summed E-state index contributed by atoms with van der Waals surface area (Å²) in [4.78, 5) is 48.8. The number of carbonyl (C=O) groups excluding carboxylic acids is 3. The molecule has 0 unspecified atom stereocenters. The molecule has 1 aliphatic rings. The molecule has 0 aromatic heterocycles. The summed E-state index contributed by atoms with van der Waals surface area (Å²) in [7, 11) is 1.43. The van der Waals surface area contributed by atoms with Gasteiger partial charge in [0.2, 0.25) is 0 Å². The highest BCUT2D eigenvalue weighted by Gasteiger charge is 2.36. The molecule has 1 heterocycles. The number of amides is 4. The number of nitrogens with one attached hydrogen (secondary N) is 1. The first-order valence-electron chi connectivity index (χ1n) is 10.5. The first kappa shape index (κ1) is 24.0. The summed E-state index contributed by atoms with van der Waals surface area (Å²) in [5.74, 6) is -1.03. The number of nitrogens with zero attached hydrogens (tertiary/aromatic N) is 2. The van der Waals surface area contributed by atoms with Crippen molar-refractivity contribution in [3.8, 4) is 17.2 Å². The molecular formula is C25H19N3O8. The van der Waals surface area contributed by atoms with Crippen LogP contribution in [0.25, 0.3) is 6.08 Å². The lowest BCUT2D eigenvalue weighted by molar-refractivity contribution is -0.384. The van der Waals surface area contributed by atoms with Gasteiger partial charge in [-0.2, -0.15) is 0 Å². The summed E-state index contributed by atoms with van der Waals surface area (Å²) < 4.78 is 11.1. The highest BCUT2D eigenvalue weighted by molar-refractivity contribution is 6.39. The lowest BCUT2D eigenvalue weighted by Crippen LogP contribution is -2.54. The molecule has 1 fully saturated rings. The van der Waals surface area contributed by atoms with Gasteiger partial charge in [0.1, 0.15) is 17.9 Å². The van der Waals surface area contributed by atoms with Crippen LogP contribution in [0.15, 0.2) is 72.3 Å². The molecule has 0 spiro atoms. The number of aromatic hydroxyl groups is 1. The number of phenols is 1. The number of ether oxygens (including phenoxy) is 2. The van der Waals surface area contributed by atoms with E-state index in [0.717, 1.165) is 4.90 Å². The standard InChI is InChI=1S/C25H19N3O8/c1-35-22-13-16(4-11-21(22)36-14-15-2-5-18(6-3-15)28(33)34)12-20-23(30)26-25(32)27(24(20)31)17-7-9-19(29)10-8-17/h2-13,29H,14H2,1H3,(H,26,30,32)/b20-12+. The van der Waals surface area contributed by atoms with Gasteiger partial charge in [-0.3, -0.25) is 25.0 Å². The predicted molar refractivity (Wildman–Crippen MR) is 128 cm³/mol. The number of hydrogen-bond acceptors (Lipinski definition) is 8. The second-order valence-electron chi connectivity index (χ2n) is 7.60. The number of nitro benzene ring substituents is 1.